The lowest BCUT2D eigenvalue weighted by Crippen LogP contribution is -2.33. The summed E-state index contributed by atoms with van der Waals surface area (Å²) in [7, 11) is 1.55. The Bertz CT molecular complexity index is 658. The van der Waals surface area contributed by atoms with Crippen molar-refractivity contribution in [1.29, 1.82) is 0 Å². The molecular formula is C18H20FNO3. The van der Waals surface area contributed by atoms with E-state index in [0.29, 0.717) is 12.1 Å². The summed E-state index contributed by atoms with van der Waals surface area (Å²) < 4.78 is 19.3. The van der Waals surface area contributed by atoms with Crippen molar-refractivity contribution in [2.75, 3.05) is 7.11 Å². The van der Waals surface area contributed by atoms with Crippen LogP contribution in [0, 0.1) is 5.82 Å². The van der Waals surface area contributed by atoms with Crippen molar-refractivity contribution < 1.29 is 19.0 Å². The van der Waals surface area contributed by atoms with Crippen LogP contribution in [0.15, 0.2) is 48.5 Å². The molecule has 2 aromatic rings. The van der Waals surface area contributed by atoms with Crippen molar-refractivity contribution >= 4 is 5.97 Å². The predicted molar refractivity (Wildman–Crippen MR) is 85.9 cm³/mol. The van der Waals surface area contributed by atoms with Crippen LogP contribution in [0.25, 0.3) is 0 Å². The molecule has 0 bridgehead atoms. The maximum absolute atomic E-state index is 13.9. The molecule has 0 heterocycles. The van der Waals surface area contributed by atoms with E-state index in [-0.39, 0.29) is 17.4 Å². The molecule has 0 aliphatic rings. The van der Waals surface area contributed by atoms with Gasteiger partial charge in [0.25, 0.3) is 0 Å². The molecular weight excluding hydrogens is 297 g/mol. The van der Waals surface area contributed by atoms with Crippen LogP contribution >= 0.6 is 0 Å². The number of ether oxygens (including phenoxy) is 1. The molecule has 0 aliphatic carbocycles. The Balaban J connectivity index is 2.01. The third-order valence-corrected chi connectivity index (χ3v) is 3.75. The summed E-state index contributed by atoms with van der Waals surface area (Å²) in [6.45, 7) is 2.46. The van der Waals surface area contributed by atoms with Crippen LogP contribution in [0.2, 0.25) is 0 Å². The van der Waals surface area contributed by atoms with Crippen molar-refractivity contribution in [3.63, 3.8) is 0 Å². The van der Waals surface area contributed by atoms with E-state index in [4.69, 9.17) is 9.84 Å². The van der Waals surface area contributed by atoms with Gasteiger partial charge >= 0.3 is 5.97 Å². The smallest absolute Gasteiger partial charge is 0.335 e. The molecule has 2 atom stereocenters. The first-order valence-electron chi connectivity index (χ1n) is 7.35. The number of nitrogens with one attached hydrogen (secondary N) is 1. The Morgan fingerprint density at radius 2 is 1.87 bits per heavy atom. The lowest BCUT2D eigenvalue weighted by molar-refractivity contribution is 0.0697. The van der Waals surface area contributed by atoms with Crippen LogP contribution in [0.3, 0.4) is 0 Å². The first-order valence-corrected chi connectivity index (χ1v) is 7.35. The molecule has 0 aliphatic heterocycles. The van der Waals surface area contributed by atoms with E-state index in [2.05, 4.69) is 5.32 Å². The second-order valence-electron chi connectivity index (χ2n) is 5.35. The molecule has 2 aromatic carbocycles. The van der Waals surface area contributed by atoms with E-state index >= 15 is 0 Å². The fraction of sp³-hybridized carbons (Fsp3) is 0.278. The largest absolute Gasteiger partial charge is 0.478 e. The first kappa shape index (κ1) is 17.1. The van der Waals surface area contributed by atoms with Crippen LogP contribution in [0.5, 0.6) is 0 Å². The molecule has 2 N–H and O–H groups in total. The highest BCUT2D eigenvalue weighted by Gasteiger charge is 2.21. The van der Waals surface area contributed by atoms with E-state index in [1.54, 1.807) is 49.6 Å². The summed E-state index contributed by atoms with van der Waals surface area (Å²) >= 11 is 0. The van der Waals surface area contributed by atoms with Crippen LogP contribution in [-0.2, 0) is 11.3 Å². The van der Waals surface area contributed by atoms with Crippen molar-refractivity contribution in [3.8, 4) is 0 Å². The second kappa shape index (κ2) is 7.85. The van der Waals surface area contributed by atoms with Crippen LogP contribution in [0.4, 0.5) is 4.39 Å². The van der Waals surface area contributed by atoms with Gasteiger partial charge in [-0.2, -0.15) is 0 Å². The van der Waals surface area contributed by atoms with E-state index in [1.165, 1.54) is 6.07 Å². The number of carboxylic acid groups (broad SMARTS) is 1. The fourth-order valence-corrected chi connectivity index (χ4v) is 2.46. The monoisotopic (exact) mass is 317 g/mol. The number of aromatic carboxylic acids is 1. The Kier molecular flexibility index (Phi) is 5.84. The van der Waals surface area contributed by atoms with E-state index < -0.39 is 12.1 Å². The normalized spacial score (nSPS) is 13.5. The Labute approximate surface area is 134 Å². The molecule has 0 spiro atoms. The molecule has 0 aromatic heterocycles. The fourth-order valence-electron chi connectivity index (χ4n) is 2.46. The predicted octanol–water partition coefficient (Wildman–Crippen LogP) is 3.39. The molecule has 2 rings (SSSR count). The Hall–Kier alpha value is -2.24. The SMILES string of the molecule is COC(c1ccccc1F)C(C)NCc1ccc(C(=O)O)cc1. The highest BCUT2D eigenvalue weighted by molar-refractivity contribution is 5.87. The van der Waals surface area contributed by atoms with Crippen molar-refractivity contribution in [3.05, 3.63) is 71.0 Å². The topological polar surface area (TPSA) is 58.6 Å². The second-order valence-corrected chi connectivity index (χ2v) is 5.35. The minimum atomic E-state index is -0.947. The van der Waals surface area contributed by atoms with Crippen LogP contribution in [-0.4, -0.2) is 24.2 Å². The summed E-state index contributed by atoms with van der Waals surface area (Å²) in [6, 6.07) is 13.1. The Morgan fingerprint density at radius 1 is 1.22 bits per heavy atom. The molecule has 4 nitrogen and oxygen atoms in total. The number of hydrogen-bond donors (Lipinski definition) is 2. The molecule has 0 saturated carbocycles. The van der Waals surface area contributed by atoms with Crippen molar-refractivity contribution in [2.45, 2.75) is 25.6 Å². The van der Waals surface area contributed by atoms with Gasteiger partial charge < -0.3 is 15.2 Å². The van der Waals surface area contributed by atoms with Gasteiger partial charge in [0.05, 0.1) is 11.7 Å². The number of rotatable bonds is 7. The summed E-state index contributed by atoms with van der Waals surface area (Å²) in [5.74, 6) is -1.24. The summed E-state index contributed by atoms with van der Waals surface area (Å²) in [4.78, 5) is 10.8. The zero-order valence-electron chi connectivity index (χ0n) is 13.1. The lowest BCUT2D eigenvalue weighted by atomic mass is 10.0. The average Bonchev–Trinajstić information content (AvgIpc) is 2.55. The van der Waals surface area contributed by atoms with Gasteiger partial charge in [-0.3, -0.25) is 0 Å². The van der Waals surface area contributed by atoms with E-state index in [0.717, 1.165) is 5.56 Å². The summed E-state index contributed by atoms with van der Waals surface area (Å²) in [6.07, 6.45) is -0.408. The highest BCUT2D eigenvalue weighted by atomic mass is 19.1. The lowest BCUT2D eigenvalue weighted by Gasteiger charge is -2.24. The number of halogens is 1. The molecule has 2 unspecified atom stereocenters. The first-order chi connectivity index (χ1) is 11.0. The van der Waals surface area contributed by atoms with E-state index in [1.807, 2.05) is 6.92 Å². The maximum atomic E-state index is 13.9. The minimum absolute atomic E-state index is 0.115. The minimum Gasteiger partial charge on any atom is -0.478 e. The molecule has 0 amide bonds. The quantitative estimate of drug-likeness (QED) is 0.822. The van der Waals surface area contributed by atoms with Gasteiger partial charge in [-0.05, 0) is 30.7 Å². The van der Waals surface area contributed by atoms with E-state index in [9.17, 15) is 9.18 Å². The van der Waals surface area contributed by atoms with Crippen molar-refractivity contribution in [1.82, 2.24) is 5.32 Å². The van der Waals surface area contributed by atoms with Gasteiger partial charge in [-0.25, -0.2) is 9.18 Å². The number of methoxy groups -OCH3 is 1. The highest BCUT2D eigenvalue weighted by Crippen LogP contribution is 2.23. The van der Waals surface area contributed by atoms with Crippen LogP contribution in [0.1, 0.15) is 34.5 Å². The number of hydrogen-bond acceptors (Lipinski definition) is 3. The van der Waals surface area contributed by atoms with Crippen molar-refractivity contribution in [2.24, 2.45) is 0 Å². The van der Waals surface area contributed by atoms with Gasteiger partial charge in [-0.15, -0.1) is 0 Å². The number of benzene rings is 2. The molecule has 23 heavy (non-hydrogen) atoms. The third-order valence-electron chi connectivity index (χ3n) is 3.75. The number of carboxylic acids is 1. The maximum Gasteiger partial charge on any atom is 0.335 e. The molecule has 122 valence electrons. The number of carbonyl (C=O) groups is 1. The third kappa shape index (κ3) is 4.37. The standard InChI is InChI=1S/C18H20FNO3/c1-12(17(23-2)15-5-3-4-6-16(15)19)20-11-13-7-9-14(10-8-13)18(21)22/h3-10,12,17,20H,11H2,1-2H3,(H,21,22). The zero-order valence-corrected chi connectivity index (χ0v) is 13.1. The van der Waals surface area contributed by atoms with Gasteiger partial charge in [0, 0.05) is 25.3 Å². The van der Waals surface area contributed by atoms with Gasteiger partial charge in [-0.1, -0.05) is 30.3 Å². The summed E-state index contributed by atoms with van der Waals surface area (Å²) in [5.41, 5.74) is 1.71. The summed E-state index contributed by atoms with van der Waals surface area (Å²) in [5, 5.41) is 12.2. The molecule has 0 radical (unpaired) electrons. The van der Waals surface area contributed by atoms with Gasteiger partial charge in [0.1, 0.15) is 5.82 Å². The van der Waals surface area contributed by atoms with Gasteiger partial charge in [0.2, 0.25) is 0 Å². The Morgan fingerprint density at radius 3 is 2.43 bits per heavy atom. The molecule has 0 saturated heterocycles. The molecule has 5 heteroatoms. The average molecular weight is 317 g/mol. The zero-order chi connectivity index (χ0) is 16.8. The van der Waals surface area contributed by atoms with Gasteiger partial charge in [0.15, 0.2) is 0 Å². The molecule has 0 fully saturated rings. The van der Waals surface area contributed by atoms with Crippen LogP contribution < -0.4 is 5.32 Å².